The topological polar surface area (TPSA) is 70.2 Å². The SMILES string of the molecule is CNCCC(=O)NCc1cccc(C(=O)NC2CC2)c1. The Morgan fingerprint density at radius 3 is 2.80 bits per heavy atom. The van der Waals surface area contributed by atoms with Gasteiger partial charge in [-0.05, 0) is 37.6 Å². The number of rotatable bonds is 7. The van der Waals surface area contributed by atoms with E-state index in [1.54, 1.807) is 6.07 Å². The zero-order chi connectivity index (χ0) is 14.4. The predicted octanol–water partition coefficient (Wildman–Crippen LogP) is 0.804. The van der Waals surface area contributed by atoms with E-state index in [1.165, 1.54) is 0 Å². The Kier molecular flexibility index (Phi) is 5.12. The fourth-order valence-corrected chi connectivity index (χ4v) is 1.85. The summed E-state index contributed by atoms with van der Waals surface area (Å²) >= 11 is 0. The summed E-state index contributed by atoms with van der Waals surface area (Å²) in [7, 11) is 1.81. The first-order valence-electron chi connectivity index (χ1n) is 7.00. The molecule has 1 aliphatic carbocycles. The zero-order valence-corrected chi connectivity index (χ0v) is 11.7. The Bertz CT molecular complexity index is 484. The maximum atomic E-state index is 11.9. The van der Waals surface area contributed by atoms with Crippen molar-refractivity contribution in [3.8, 4) is 0 Å². The second-order valence-corrected chi connectivity index (χ2v) is 5.08. The first kappa shape index (κ1) is 14.5. The molecule has 0 radical (unpaired) electrons. The van der Waals surface area contributed by atoms with Crippen molar-refractivity contribution in [2.24, 2.45) is 0 Å². The third-order valence-corrected chi connectivity index (χ3v) is 3.19. The number of amides is 2. The fraction of sp³-hybridized carbons (Fsp3) is 0.467. The van der Waals surface area contributed by atoms with Crippen LogP contribution in [-0.4, -0.2) is 31.4 Å². The fourth-order valence-electron chi connectivity index (χ4n) is 1.85. The number of nitrogens with one attached hydrogen (secondary N) is 3. The molecule has 5 heteroatoms. The molecule has 2 rings (SSSR count). The maximum Gasteiger partial charge on any atom is 0.251 e. The van der Waals surface area contributed by atoms with Crippen LogP contribution in [0.15, 0.2) is 24.3 Å². The quantitative estimate of drug-likeness (QED) is 0.689. The normalized spacial score (nSPS) is 13.8. The number of hydrogen-bond acceptors (Lipinski definition) is 3. The lowest BCUT2D eigenvalue weighted by atomic mass is 10.1. The molecular weight excluding hydrogens is 254 g/mol. The number of benzene rings is 1. The number of carbonyl (C=O) groups excluding carboxylic acids is 2. The van der Waals surface area contributed by atoms with Crippen molar-refractivity contribution in [1.29, 1.82) is 0 Å². The molecule has 2 amide bonds. The highest BCUT2D eigenvalue weighted by molar-refractivity contribution is 5.94. The first-order valence-corrected chi connectivity index (χ1v) is 7.00. The van der Waals surface area contributed by atoms with Gasteiger partial charge in [0.1, 0.15) is 0 Å². The van der Waals surface area contributed by atoms with Crippen molar-refractivity contribution in [1.82, 2.24) is 16.0 Å². The molecule has 0 bridgehead atoms. The summed E-state index contributed by atoms with van der Waals surface area (Å²) in [4.78, 5) is 23.4. The third kappa shape index (κ3) is 4.66. The van der Waals surface area contributed by atoms with Crippen LogP contribution in [0, 0.1) is 0 Å². The van der Waals surface area contributed by atoms with E-state index in [-0.39, 0.29) is 11.8 Å². The number of hydrogen-bond donors (Lipinski definition) is 3. The van der Waals surface area contributed by atoms with E-state index < -0.39 is 0 Å². The molecule has 108 valence electrons. The van der Waals surface area contributed by atoms with E-state index in [9.17, 15) is 9.59 Å². The Labute approximate surface area is 119 Å². The van der Waals surface area contributed by atoms with Crippen LogP contribution in [0.25, 0.3) is 0 Å². The molecule has 1 aliphatic rings. The minimum Gasteiger partial charge on any atom is -0.352 e. The molecule has 1 fully saturated rings. The highest BCUT2D eigenvalue weighted by Crippen LogP contribution is 2.19. The predicted molar refractivity (Wildman–Crippen MR) is 77.3 cm³/mol. The zero-order valence-electron chi connectivity index (χ0n) is 11.7. The summed E-state index contributed by atoms with van der Waals surface area (Å²) in [6.45, 7) is 1.11. The second-order valence-electron chi connectivity index (χ2n) is 5.08. The largest absolute Gasteiger partial charge is 0.352 e. The summed E-state index contributed by atoms with van der Waals surface area (Å²) < 4.78 is 0. The van der Waals surface area contributed by atoms with Crippen molar-refractivity contribution < 1.29 is 9.59 Å². The average molecular weight is 275 g/mol. The van der Waals surface area contributed by atoms with Crippen molar-refractivity contribution in [3.63, 3.8) is 0 Å². The molecule has 0 saturated heterocycles. The van der Waals surface area contributed by atoms with Crippen LogP contribution in [0.2, 0.25) is 0 Å². The van der Waals surface area contributed by atoms with E-state index >= 15 is 0 Å². The Hall–Kier alpha value is -1.88. The van der Waals surface area contributed by atoms with Crippen LogP contribution in [0.1, 0.15) is 35.2 Å². The van der Waals surface area contributed by atoms with Crippen molar-refractivity contribution >= 4 is 11.8 Å². The number of carbonyl (C=O) groups is 2. The van der Waals surface area contributed by atoms with Gasteiger partial charge in [-0.3, -0.25) is 9.59 Å². The van der Waals surface area contributed by atoms with Crippen molar-refractivity contribution in [2.45, 2.75) is 31.8 Å². The molecule has 1 saturated carbocycles. The lowest BCUT2D eigenvalue weighted by Crippen LogP contribution is -2.27. The monoisotopic (exact) mass is 275 g/mol. The summed E-state index contributed by atoms with van der Waals surface area (Å²) in [6, 6.07) is 7.73. The summed E-state index contributed by atoms with van der Waals surface area (Å²) in [6.07, 6.45) is 2.61. The van der Waals surface area contributed by atoms with Crippen LogP contribution in [0.4, 0.5) is 0 Å². The van der Waals surface area contributed by atoms with Gasteiger partial charge in [-0.1, -0.05) is 12.1 Å². The Morgan fingerprint density at radius 1 is 1.30 bits per heavy atom. The molecule has 1 aromatic rings. The Balaban J connectivity index is 1.85. The van der Waals surface area contributed by atoms with Gasteiger partial charge in [0.05, 0.1) is 0 Å². The molecular formula is C15H21N3O2. The van der Waals surface area contributed by atoms with Gasteiger partial charge in [0, 0.05) is 31.1 Å². The minimum absolute atomic E-state index is 0.00665. The van der Waals surface area contributed by atoms with E-state index in [1.807, 2.05) is 25.2 Å². The molecule has 1 aromatic carbocycles. The average Bonchev–Trinajstić information content (AvgIpc) is 3.27. The molecule has 5 nitrogen and oxygen atoms in total. The van der Waals surface area contributed by atoms with Gasteiger partial charge in [0.2, 0.25) is 5.91 Å². The Morgan fingerprint density at radius 2 is 2.10 bits per heavy atom. The van der Waals surface area contributed by atoms with Gasteiger partial charge in [-0.25, -0.2) is 0 Å². The van der Waals surface area contributed by atoms with Crippen LogP contribution >= 0.6 is 0 Å². The highest BCUT2D eigenvalue weighted by Gasteiger charge is 2.23. The molecule has 0 aliphatic heterocycles. The maximum absolute atomic E-state index is 11.9. The standard InChI is InChI=1S/C15H21N3O2/c1-16-8-7-14(19)17-10-11-3-2-4-12(9-11)15(20)18-13-5-6-13/h2-4,9,13,16H,5-8,10H2,1H3,(H,17,19)(H,18,20). The van der Waals surface area contributed by atoms with E-state index in [2.05, 4.69) is 16.0 Å². The van der Waals surface area contributed by atoms with Crippen LogP contribution < -0.4 is 16.0 Å². The van der Waals surface area contributed by atoms with Gasteiger partial charge in [0.25, 0.3) is 5.91 Å². The summed E-state index contributed by atoms with van der Waals surface area (Å²) in [5, 5.41) is 8.73. The van der Waals surface area contributed by atoms with E-state index in [4.69, 9.17) is 0 Å². The summed E-state index contributed by atoms with van der Waals surface area (Å²) in [5.74, 6) is -0.0250. The lowest BCUT2D eigenvalue weighted by molar-refractivity contribution is -0.121. The molecule has 0 atom stereocenters. The molecule has 0 aromatic heterocycles. The molecule has 20 heavy (non-hydrogen) atoms. The van der Waals surface area contributed by atoms with Gasteiger partial charge in [-0.15, -0.1) is 0 Å². The molecule has 0 spiro atoms. The lowest BCUT2D eigenvalue weighted by Gasteiger charge is -2.08. The van der Waals surface area contributed by atoms with Gasteiger partial charge < -0.3 is 16.0 Å². The molecule has 0 unspecified atom stereocenters. The smallest absolute Gasteiger partial charge is 0.251 e. The van der Waals surface area contributed by atoms with Gasteiger partial charge in [-0.2, -0.15) is 0 Å². The van der Waals surface area contributed by atoms with Crippen LogP contribution in [-0.2, 0) is 11.3 Å². The summed E-state index contributed by atoms with van der Waals surface area (Å²) in [5.41, 5.74) is 1.59. The van der Waals surface area contributed by atoms with Crippen molar-refractivity contribution in [2.75, 3.05) is 13.6 Å². The van der Waals surface area contributed by atoms with E-state index in [0.29, 0.717) is 31.1 Å². The van der Waals surface area contributed by atoms with Gasteiger partial charge >= 0.3 is 0 Å². The minimum atomic E-state index is -0.0316. The van der Waals surface area contributed by atoms with Crippen LogP contribution in [0.5, 0.6) is 0 Å². The molecule has 0 heterocycles. The van der Waals surface area contributed by atoms with Gasteiger partial charge in [0.15, 0.2) is 0 Å². The second kappa shape index (κ2) is 7.05. The molecule has 3 N–H and O–H groups in total. The highest BCUT2D eigenvalue weighted by atomic mass is 16.2. The van der Waals surface area contributed by atoms with Crippen molar-refractivity contribution in [3.05, 3.63) is 35.4 Å². The first-order chi connectivity index (χ1) is 9.69. The third-order valence-electron chi connectivity index (χ3n) is 3.19. The van der Waals surface area contributed by atoms with E-state index in [0.717, 1.165) is 18.4 Å². The van der Waals surface area contributed by atoms with Crippen LogP contribution in [0.3, 0.4) is 0 Å².